The molecule has 3 aromatic rings. The highest BCUT2D eigenvalue weighted by Crippen LogP contribution is 2.46. The summed E-state index contributed by atoms with van der Waals surface area (Å²) in [6.45, 7) is 4.41. The van der Waals surface area contributed by atoms with Crippen molar-refractivity contribution in [2.45, 2.75) is 44.4 Å². The van der Waals surface area contributed by atoms with Gasteiger partial charge in [-0.3, -0.25) is 4.79 Å². The van der Waals surface area contributed by atoms with Crippen LogP contribution in [0.15, 0.2) is 42.7 Å². The van der Waals surface area contributed by atoms with Crippen molar-refractivity contribution in [3.8, 4) is 11.5 Å². The van der Waals surface area contributed by atoms with E-state index < -0.39 is 18.1 Å². The standard InChI is InChI=1S/C26H26F3N3O5/c1-17-2-5-22-30-18(14-32(22)13-17)15-35-19-3-4-20-21(12-19)36-16-25(20)7-10-31(11-8-25)9-6-23(33)37-24(34)26(27,28)29/h2-5,12-14H,6-11,15-16H2,1H3. The Morgan fingerprint density at radius 1 is 1.14 bits per heavy atom. The van der Waals surface area contributed by atoms with Gasteiger partial charge in [-0.1, -0.05) is 12.1 Å². The van der Waals surface area contributed by atoms with Crippen LogP contribution >= 0.6 is 0 Å². The molecule has 4 heterocycles. The van der Waals surface area contributed by atoms with Crippen LogP contribution in [-0.4, -0.2) is 58.6 Å². The van der Waals surface area contributed by atoms with Crippen molar-refractivity contribution in [3.63, 3.8) is 0 Å². The van der Waals surface area contributed by atoms with Gasteiger partial charge in [-0.05, 0) is 50.6 Å². The zero-order chi connectivity index (χ0) is 26.2. The lowest BCUT2D eigenvalue weighted by molar-refractivity contribution is -0.201. The van der Waals surface area contributed by atoms with Crippen molar-refractivity contribution >= 4 is 17.6 Å². The SMILES string of the molecule is Cc1ccc2nc(COc3ccc4c(c3)OCC43CCN(CCC(=O)OC(=O)C(F)(F)F)CC3)cn2c1. The number of aryl methyl sites for hydroxylation is 1. The first-order chi connectivity index (χ1) is 17.6. The second-order valence-corrected chi connectivity index (χ2v) is 9.57. The number of benzene rings is 1. The Labute approximate surface area is 210 Å². The minimum Gasteiger partial charge on any atom is -0.492 e. The molecule has 2 aromatic heterocycles. The number of hydrogen-bond acceptors (Lipinski definition) is 7. The van der Waals surface area contributed by atoms with Gasteiger partial charge in [0.15, 0.2) is 0 Å². The highest BCUT2D eigenvalue weighted by Gasteiger charge is 2.44. The minimum atomic E-state index is -5.18. The Hall–Kier alpha value is -3.60. The van der Waals surface area contributed by atoms with E-state index in [1.807, 2.05) is 58.9 Å². The summed E-state index contributed by atoms with van der Waals surface area (Å²) in [4.78, 5) is 28.9. The van der Waals surface area contributed by atoms with Crippen LogP contribution in [0.1, 0.15) is 36.1 Å². The lowest BCUT2D eigenvalue weighted by Crippen LogP contribution is -2.44. The fraction of sp³-hybridized carbons (Fsp3) is 0.423. The van der Waals surface area contributed by atoms with Crippen LogP contribution in [0.25, 0.3) is 5.65 Å². The molecule has 5 rings (SSSR count). The predicted octanol–water partition coefficient (Wildman–Crippen LogP) is 3.97. The van der Waals surface area contributed by atoms with E-state index in [-0.39, 0.29) is 18.4 Å². The second-order valence-electron chi connectivity index (χ2n) is 9.57. The van der Waals surface area contributed by atoms with Crippen LogP contribution in [-0.2, 0) is 26.3 Å². The van der Waals surface area contributed by atoms with Crippen molar-refractivity contribution in [1.29, 1.82) is 0 Å². The molecule has 37 heavy (non-hydrogen) atoms. The summed E-state index contributed by atoms with van der Waals surface area (Å²) in [6, 6.07) is 9.83. The number of fused-ring (bicyclic) bond motifs is 3. The first-order valence-corrected chi connectivity index (χ1v) is 12.0. The van der Waals surface area contributed by atoms with Crippen molar-refractivity contribution in [2.24, 2.45) is 0 Å². The molecule has 1 fully saturated rings. The molecule has 0 saturated carbocycles. The van der Waals surface area contributed by atoms with E-state index in [0.717, 1.165) is 41.1 Å². The van der Waals surface area contributed by atoms with Gasteiger partial charge in [0.25, 0.3) is 0 Å². The van der Waals surface area contributed by atoms with Crippen LogP contribution < -0.4 is 9.47 Å². The highest BCUT2D eigenvalue weighted by atomic mass is 19.4. The number of esters is 2. The van der Waals surface area contributed by atoms with Crippen LogP contribution in [0.2, 0.25) is 0 Å². The van der Waals surface area contributed by atoms with Gasteiger partial charge >= 0.3 is 18.1 Å². The molecule has 11 heteroatoms. The summed E-state index contributed by atoms with van der Waals surface area (Å²) in [5.74, 6) is -2.19. The number of nitrogens with zero attached hydrogens (tertiary/aromatic N) is 3. The zero-order valence-electron chi connectivity index (χ0n) is 20.2. The number of hydrogen-bond donors (Lipinski definition) is 0. The topological polar surface area (TPSA) is 82.4 Å². The maximum atomic E-state index is 12.2. The molecule has 0 N–H and O–H groups in total. The number of imidazole rings is 1. The number of rotatable bonds is 6. The molecule has 1 aromatic carbocycles. The molecular weight excluding hydrogens is 491 g/mol. The molecule has 1 spiro atoms. The molecule has 0 amide bonds. The van der Waals surface area contributed by atoms with E-state index >= 15 is 0 Å². The third kappa shape index (κ3) is 5.41. The number of aromatic nitrogens is 2. The van der Waals surface area contributed by atoms with E-state index in [0.29, 0.717) is 32.1 Å². The van der Waals surface area contributed by atoms with Crippen LogP contribution in [0.4, 0.5) is 13.2 Å². The van der Waals surface area contributed by atoms with E-state index in [1.165, 1.54) is 0 Å². The Balaban J connectivity index is 1.14. The van der Waals surface area contributed by atoms with Gasteiger partial charge in [0, 0.05) is 36.0 Å². The van der Waals surface area contributed by atoms with E-state index in [9.17, 15) is 22.8 Å². The molecule has 2 aliphatic rings. The van der Waals surface area contributed by atoms with Gasteiger partial charge in [-0.15, -0.1) is 0 Å². The number of carbonyl (C=O) groups excluding carboxylic acids is 2. The first-order valence-electron chi connectivity index (χ1n) is 12.0. The maximum absolute atomic E-state index is 12.2. The maximum Gasteiger partial charge on any atom is 0.491 e. The number of halogens is 3. The number of carbonyl (C=O) groups is 2. The Kier molecular flexibility index (Phi) is 6.57. The van der Waals surface area contributed by atoms with Crippen molar-refractivity contribution in [1.82, 2.24) is 14.3 Å². The van der Waals surface area contributed by atoms with Gasteiger partial charge in [-0.2, -0.15) is 13.2 Å². The summed E-state index contributed by atoms with van der Waals surface area (Å²) in [6.07, 6.45) is 0.0493. The summed E-state index contributed by atoms with van der Waals surface area (Å²) in [5.41, 5.74) is 3.78. The number of alkyl halides is 3. The zero-order valence-corrected chi connectivity index (χ0v) is 20.2. The first kappa shape index (κ1) is 25.1. The van der Waals surface area contributed by atoms with Crippen LogP contribution in [0, 0.1) is 6.92 Å². The van der Waals surface area contributed by atoms with E-state index in [4.69, 9.17) is 9.47 Å². The van der Waals surface area contributed by atoms with Gasteiger partial charge in [0.1, 0.15) is 23.8 Å². The molecule has 0 bridgehead atoms. The smallest absolute Gasteiger partial charge is 0.491 e. The largest absolute Gasteiger partial charge is 0.492 e. The van der Waals surface area contributed by atoms with Gasteiger partial charge in [-0.25, -0.2) is 9.78 Å². The lowest BCUT2D eigenvalue weighted by atomic mass is 9.74. The third-order valence-corrected chi connectivity index (χ3v) is 6.95. The number of pyridine rings is 1. The van der Waals surface area contributed by atoms with Gasteiger partial charge in [0.05, 0.1) is 18.7 Å². The van der Waals surface area contributed by atoms with Gasteiger partial charge in [0.2, 0.25) is 0 Å². The average Bonchev–Trinajstić information content (AvgIpc) is 3.42. The van der Waals surface area contributed by atoms with E-state index in [2.05, 4.69) is 9.72 Å². The van der Waals surface area contributed by atoms with Crippen molar-refractivity contribution in [2.75, 3.05) is 26.2 Å². The molecule has 0 unspecified atom stereocenters. The van der Waals surface area contributed by atoms with Crippen LogP contribution in [0.3, 0.4) is 0 Å². The normalized spacial score (nSPS) is 17.0. The minimum absolute atomic E-state index is 0.156. The number of piperidine rings is 1. The molecular formula is C26H26F3N3O5. The molecule has 0 atom stereocenters. The Morgan fingerprint density at radius 2 is 1.92 bits per heavy atom. The number of ether oxygens (including phenoxy) is 3. The second kappa shape index (κ2) is 9.70. The molecule has 8 nitrogen and oxygen atoms in total. The Morgan fingerprint density at radius 3 is 2.68 bits per heavy atom. The molecule has 1 saturated heterocycles. The molecule has 0 radical (unpaired) electrons. The molecule has 2 aliphatic heterocycles. The quantitative estimate of drug-likeness (QED) is 0.362. The van der Waals surface area contributed by atoms with Crippen LogP contribution in [0.5, 0.6) is 11.5 Å². The monoisotopic (exact) mass is 517 g/mol. The fourth-order valence-electron chi connectivity index (χ4n) is 4.91. The summed E-state index contributed by atoms with van der Waals surface area (Å²) < 4.78 is 54.5. The number of likely N-dealkylation sites (tertiary alicyclic amines) is 1. The molecule has 0 aliphatic carbocycles. The Bertz CT molecular complexity index is 1330. The summed E-state index contributed by atoms with van der Waals surface area (Å²) in [7, 11) is 0. The fourth-order valence-corrected chi connectivity index (χ4v) is 4.91. The average molecular weight is 518 g/mol. The summed E-state index contributed by atoms with van der Waals surface area (Å²) in [5, 5.41) is 0. The van der Waals surface area contributed by atoms with Crippen molar-refractivity contribution in [3.05, 3.63) is 59.5 Å². The van der Waals surface area contributed by atoms with E-state index in [1.54, 1.807) is 0 Å². The highest BCUT2D eigenvalue weighted by molar-refractivity contribution is 5.88. The molecule has 196 valence electrons. The summed E-state index contributed by atoms with van der Waals surface area (Å²) >= 11 is 0. The predicted molar refractivity (Wildman–Crippen MR) is 125 cm³/mol. The third-order valence-electron chi connectivity index (χ3n) is 6.95. The lowest BCUT2D eigenvalue weighted by Gasteiger charge is -2.38. The van der Waals surface area contributed by atoms with Gasteiger partial charge < -0.3 is 23.5 Å². The van der Waals surface area contributed by atoms with Crippen molar-refractivity contribution < 1.29 is 37.0 Å².